The van der Waals surface area contributed by atoms with Gasteiger partial charge in [0.2, 0.25) is 0 Å². The number of H-pyrrole nitrogens is 1. The first kappa shape index (κ1) is 12.6. The van der Waals surface area contributed by atoms with Crippen LogP contribution >= 0.6 is 15.9 Å². The molecule has 2 heterocycles. The van der Waals surface area contributed by atoms with Crippen LogP contribution in [0, 0.1) is 0 Å². The van der Waals surface area contributed by atoms with Crippen molar-refractivity contribution in [2.75, 3.05) is 6.54 Å². The van der Waals surface area contributed by atoms with Crippen LogP contribution in [0.25, 0.3) is 0 Å². The van der Waals surface area contributed by atoms with Crippen molar-refractivity contribution in [3.05, 3.63) is 51.0 Å². The normalized spacial score (nSPS) is 21.4. The lowest BCUT2D eigenvalue weighted by Gasteiger charge is -2.07. The number of rotatable bonds is 1. The SMILES string of the molecule is Brc1ccc2c(c1)Cc1[nH]c([C@@H]3CCCN3)nc1CC2. The van der Waals surface area contributed by atoms with Crippen molar-refractivity contribution < 1.29 is 0 Å². The number of nitrogens with one attached hydrogen (secondary N) is 2. The Morgan fingerprint density at radius 1 is 1.20 bits per heavy atom. The molecule has 0 amide bonds. The summed E-state index contributed by atoms with van der Waals surface area (Å²) in [4.78, 5) is 8.46. The highest BCUT2D eigenvalue weighted by molar-refractivity contribution is 9.10. The van der Waals surface area contributed by atoms with Gasteiger partial charge in [0.05, 0.1) is 11.7 Å². The van der Waals surface area contributed by atoms with E-state index in [0.29, 0.717) is 6.04 Å². The van der Waals surface area contributed by atoms with Crippen LogP contribution < -0.4 is 5.32 Å². The molecule has 2 N–H and O–H groups in total. The molecule has 1 fully saturated rings. The van der Waals surface area contributed by atoms with Gasteiger partial charge in [-0.2, -0.15) is 0 Å². The fraction of sp³-hybridized carbons (Fsp3) is 0.438. The summed E-state index contributed by atoms with van der Waals surface area (Å²) in [7, 11) is 0. The van der Waals surface area contributed by atoms with Crippen LogP contribution in [-0.4, -0.2) is 16.5 Å². The van der Waals surface area contributed by atoms with Crippen LogP contribution in [-0.2, 0) is 19.3 Å². The Morgan fingerprint density at radius 2 is 2.15 bits per heavy atom. The van der Waals surface area contributed by atoms with E-state index in [2.05, 4.69) is 44.4 Å². The third-order valence-electron chi connectivity index (χ3n) is 4.44. The summed E-state index contributed by atoms with van der Waals surface area (Å²) in [5.41, 5.74) is 5.46. The van der Waals surface area contributed by atoms with E-state index in [-0.39, 0.29) is 0 Å². The lowest BCUT2D eigenvalue weighted by molar-refractivity contribution is 0.609. The molecule has 3 nitrogen and oxygen atoms in total. The first-order valence-electron chi connectivity index (χ1n) is 7.38. The molecule has 0 spiro atoms. The summed E-state index contributed by atoms with van der Waals surface area (Å²) in [6.07, 6.45) is 5.58. The zero-order valence-corrected chi connectivity index (χ0v) is 13.0. The second kappa shape index (κ2) is 5.01. The number of halogens is 1. The first-order chi connectivity index (χ1) is 9.79. The molecule has 4 rings (SSSR count). The third kappa shape index (κ3) is 2.21. The van der Waals surface area contributed by atoms with Gasteiger partial charge >= 0.3 is 0 Å². The highest BCUT2D eigenvalue weighted by Crippen LogP contribution is 2.28. The second-order valence-corrected chi connectivity index (χ2v) is 6.70. The number of benzene rings is 1. The number of imidazole rings is 1. The Hall–Kier alpha value is -1.13. The molecule has 1 atom stereocenters. The van der Waals surface area contributed by atoms with Gasteiger partial charge in [0, 0.05) is 16.6 Å². The molecule has 2 aromatic rings. The molecule has 1 aliphatic carbocycles. The monoisotopic (exact) mass is 331 g/mol. The van der Waals surface area contributed by atoms with Crippen molar-refractivity contribution in [1.29, 1.82) is 0 Å². The highest BCUT2D eigenvalue weighted by atomic mass is 79.9. The molecule has 0 bridgehead atoms. The van der Waals surface area contributed by atoms with Crippen molar-refractivity contribution >= 4 is 15.9 Å². The first-order valence-corrected chi connectivity index (χ1v) is 8.17. The molecule has 4 heteroatoms. The lowest BCUT2D eigenvalue weighted by Crippen LogP contribution is -2.14. The molecule has 1 aromatic carbocycles. The van der Waals surface area contributed by atoms with E-state index in [1.807, 2.05) is 0 Å². The molecule has 0 unspecified atom stereocenters. The molecular formula is C16H18BrN3. The standard InChI is InChI=1S/C16H18BrN3/c17-12-5-3-10-4-6-13-15(9-11(10)8-12)20-16(19-13)14-2-1-7-18-14/h3,5,8,14,18H,1-2,4,6-7,9H2,(H,19,20)/t14-/m0/s1. The minimum Gasteiger partial charge on any atom is -0.344 e. The summed E-state index contributed by atoms with van der Waals surface area (Å²) in [5.74, 6) is 1.14. The van der Waals surface area contributed by atoms with Crippen LogP contribution in [0.15, 0.2) is 22.7 Å². The van der Waals surface area contributed by atoms with Gasteiger partial charge in [0.25, 0.3) is 0 Å². The number of aromatic amines is 1. The summed E-state index contributed by atoms with van der Waals surface area (Å²) in [6, 6.07) is 7.06. The Kier molecular flexibility index (Phi) is 3.15. The molecule has 1 aliphatic heterocycles. The zero-order valence-electron chi connectivity index (χ0n) is 11.4. The minimum atomic E-state index is 0.434. The topological polar surface area (TPSA) is 40.7 Å². The van der Waals surface area contributed by atoms with Gasteiger partial charge in [0.1, 0.15) is 5.82 Å². The van der Waals surface area contributed by atoms with Crippen LogP contribution in [0.1, 0.15) is 47.2 Å². The van der Waals surface area contributed by atoms with Crippen molar-refractivity contribution in [1.82, 2.24) is 15.3 Å². The summed E-state index contributed by atoms with van der Waals surface area (Å²) >= 11 is 3.58. The van der Waals surface area contributed by atoms with Gasteiger partial charge in [-0.05, 0) is 55.5 Å². The maximum atomic E-state index is 4.87. The third-order valence-corrected chi connectivity index (χ3v) is 4.93. The van der Waals surface area contributed by atoms with E-state index in [4.69, 9.17) is 4.98 Å². The van der Waals surface area contributed by atoms with Crippen LogP contribution in [0.4, 0.5) is 0 Å². The smallest absolute Gasteiger partial charge is 0.123 e. The molecule has 0 saturated carbocycles. The highest BCUT2D eigenvalue weighted by Gasteiger charge is 2.23. The van der Waals surface area contributed by atoms with Crippen LogP contribution in [0.5, 0.6) is 0 Å². The van der Waals surface area contributed by atoms with Crippen LogP contribution in [0.2, 0.25) is 0 Å². The van der Waals surface area contributed by atoms with Gasteiger partial charge < -0.3 is 10.3 Å². The Labute approximate surface area is 127 Å². The minimum absolute atomic E-state index is 0.434. The maximum Gasteiger partial charge on any atom is 0.123 e. The van der Waals surface area contributed by atoms with Gasteiger partial charge in [0.15, 0.2) is 0 Å². The fourth-order valence-corrected chi connectivity index (χ4v) is 3.76. The molecule has 0 radical (unpaired) electrons. The number of aromatic nitrogens is 2. The zero-order chi connectivity index (χ0) is 13.5. The second-order valence-electron chi connectivity index (χ2n) is 5.79. The van der Waals surface area contributed by atoms with E-state index >= 15 is 0 Å². The van der Waals surface area contributed by atoms with Crippen molar-refractivity contribution in [2.45, 2.75) is 38.1 Å². The van der Waals surface area contributed by atoms with Crippen molar-refractivity contribution in [3.8, 4) is 0 Å². The van der Waals surface area contributed by atoms with E-state index in [9.17, 15) is 0 Å². The molecule has 104 valence electrons. The Bertz CT molecular complexity index is 641. The fourth-order valence-electron chi connectivity index (χ4n) is 3.35. The number of nitrogens with zero attached hydrogens (tertiary/aromatic N) is 1. The van der Waals surface area contributed by atoms with Gasteiger partial charge in [-0.3, -0.25) is 0 Å². The van der Waals surface area contributed by atoms with Crippen molar-refractivity contribution in [2.24, 2.45) is 0 Å². The van der Waals surface area contributed by atoms with Gasteiger partial charge in [-0.25, -0.2) is 4.98 Å². The van der Waals surface area contributed by atoms with Crippen molar-refractivity contribution in [3.63, 3.8) is 0 Å². The average molecular weight is 332 g/mol. The van der Waals surface area contributed by atoms with E-state index in [0.717, 1.165) is 36.1 Å². The quantitative estimate of drug-likeness (QED) is 0.841. The van der Waals surface area contributed by atoms with E-state index in [1.54, 1.807) is 0 Å². The molecule has 1 saturated heterocycles. The van der Waals surface area contributed by atoms with Gasteiger partial charge in [-0.15, -0.1) is 0 Å². The lowest BCUT2D eigenvalue weighted by atomic mass is 10.0. The summed E-state index contributed by atoms with van der Waals surface area (Å²) < 4.78 is 1.16. The number of aryl methyl sites for hydroxylation is 2. The molecule has 20 heavy (non-hydrogen) atoms. The molecule has 1 aromatic heterocycles. The number of hydrogen-bond donors (Lipinski definition) is 2. The van der Waals surface area contributed by atoms with Gasteiger partial charge in [-0.1, -0.05) is 22.0 Å². The summed E-state index contributed by atoms with van der Waals surface area (Å²) in [5, 5.41) is 3.52. The molecular weight excluding hydrogens is 314 g/mol. The van der Waals surface area contributed by atoms with E-state index < -0.39 is 0 Å². The Balaban J connectivity index is 1.68. The van der Waals surface area contributed by atoms with Crippen LogP contribution in [0.3, 0.4) is 0 Å². The maximum absolute atomic E-state index is 4.87. The predicted octanol–water partition coefficient (Wildman–Crippen LogP) is 3.29. The Morgan fingerprint density at radius 3 is 3.00 bits per heavy atom. The molecule has 2 aliphatic rings. The number of hydrogen-bond acceptors (Lipinski definition) is 2. The average Bonchev–Trinajstić information content (AvgIpc) is 3.05. The summed E-state index contributed by atoms with van der Waals surface area (Å²) in [6.45, 7) is 1.12. The van der Waals surface area contributed by atoms with E-state index in [1.165, 1.54) is 35.4 Å². The number of fused-ring (bicyclic) bond motifs is 2. The largest absolute Gasteiger partial charge is 0.344 e. The predicted molar refractivity (Wildman–Crippen MR) is 82.9 cm³/mol.